The van der Waals surface area contributed by atoms with Crippen molar-refractivity contribution in [3.63, 3.8) is 0 Å². The van der Waals surface area contributed by atoms with Crippen LogP contribution in [0.5, 0.6) is 0 Å². The van der Waals surface area contributed by atoms with E-state index < -0.39 is 24.4 Å². The van der Waals surface area contributed by atoms with Crippen LogP contribution in [0, 0.1) is 35.5 Å². The van der Waals surface area contributed by atoms with Crippen LogP contribution in [0.1, 0.15) is 78.6 Å². The molecule has 248 valence electrons. The average molecular weight is 619 g/mol. The first-order valence-corrected chi connectivity index (χ1v) is 16.9. The molecule has 5 rings (SSSR count). The fraction of sp³-hybridized carbons (Fsp3) is 0.829. The van der Waals surface area contributed by atoms with Crippen molar-refractivity contribution in [3.8, 4) is 0 Å². The van der Waals surface area contributed by atoms with E-state index in [1.165, 1.54) is 0 Å². The minimum absolute atomic E-state index is 0.0330. The van der Waals surface area contributed by atoms with Crippen LogP contribution in [0.25, 0.3) is 0 Å². The topological polar surface area (TPSA) is 110 Å². The molecule has 1 N–H and O–H groups in total. The number of methoxy groups -OCH3 is 3. The van der Waals surface area contributed by atoms with Crippen molar-refractivity contribution in [3.05, 3.63) is 23.8 Å². The van der Waals surface area contributed by atoms with Gasteiger partial charge in [-0.15, -0.1) is 0 Å². The number of Topliss-reactive ketones (excluding diaryl/α,β-unsaturated/α-hetero) is 1. The van der Waals surface area contributed by atoms with Crippen LogP contribution >= 0.6 is 0 Å². The number of cyclic esters (lactones) is 1. The Morgan fingerprint density at radius 2 is 1.70 bits per heavy atom. The smallest absolute Gasteiger partial charge is 0.306 e. The minimum atomic E-state index is -0.707. The maximum Gasteiger partial charge on any atom is 0.306 e. The van der Waals surface area contributed by atoms with E-state index in [4.69, 9.17) is 28.4 Å². The molecule has 0 bridgehead atoms. The van der Waals surface area contributed by atoms with E-state index in [9.17, 15) is 14.7 Å². The third-order valence-electron chi connectivity index (χ3n) is 11.1. The Bertz CT molecular complexity index is 1060. The Kier molecular flexibility index (Phi) is 11.4. The summed E-state index contributed by atoms with van der Waals surface area (Å²) in [5, 5.41) is 11.0. The van der Waals surface area contributed by atoms with Gasteiger partial charge in [0.1, 0.15) is 24.4 Å². The Morgan fingerprint density at radius 1 is 0.955 bits per heavy atom. The number of aliphatic hydroxyl groups excluding tert-OH is 1. The number of hydrogen-bond donors (Lipinski definition) is 1. The zero-order chi connectivity index (χ0) is 31.5. The van der Waals surface area contributed by atoms with Gasteiger partial charge in [0.2, 0.25) is 0 Å². The highest BCUT2D eigenvalue weighted by Gasteiger charge is 2.52. The number of aliphatic hydroxyl groups is 1. The van der Waals surface area contributed by atoms with E-state index in [1.54, 1.807) is 21.3 Å². The number of hydrogen-bond acceptors (Lipinski definition) is 9. The van der Waals surface area contributed by atoms with Crippen LogP contribution in [0.3, 0.4) is 0 Å². The maximum absolute atomic E-state index is 13.9. The molecule has 0 aromatic carbocycles. The standard InChI is InChI=1S/C35H54O9/c1-7-8-10-22-11-9-12-29(36)19(2)31(38)28-17-26-24(27(28)18-30(37)43-22)14-13-21-15-23(16-25(21)26)44-35-34(41-6)33(40-5)32(39-4)20(3)42-35/h13-14,17,19-27,29,32-36H,7-12,15-16,18H2,1-6H3. The number of esters is 1. The monoisotopic (exact) mass is 618 g/mol. The summed E-state index contributed by atoms with van der Waals surface area (Å²) in [5.41, 5.74) is 0.696. The van der Waals surface area contributed by atoms with Gasteiger partial charge in [0.05, 0.1) is 24.7 Å². The summed E-state index contributed by atoms with van der Waals surface area (Å²) in [6.07, 6.45) is 10.6. The SMILES string of the molecule is CCCCC1CCCC(O)C(C)C(=O)C2=CC3C(C=CC4CC(OC5OC(C)C(OC)C(OC)C5OC)CC43)C2CC(=O)O1. The predicted molar refractivity (Wildman–Crippen MR) is 164 cm³/mol. The highest BCUT2D eigenvalue weighted by molar-refractivity contribution is 5.99. The van der Waals surface area contributed by atoms with E-state index in [2.05, 4.69) is 25.2 Å². The molecule has 0 radical (unpaired) electrons. The van der Waals surface area contributed by atoms with Crippen molar-refractivity contribution in [2.75, 3.05) is 21.3 Å². The molecule has 44 heavy (non-hydrogen) atoms. The van der Waals surface area contributed by atoms with Crippen molar-refractivity contribution in [2.24, 2.45) is 35.5 Å². The minimum Gasteiger partial charge on any atom is -0.462 e. The molecule has 9 heteroatoms. The number of unbranched alkanes of at least 4 members (excludes halogenated alkanes) is 1. The molecule has 0 aromatic heterocycles. The van der Waals surface area contributed by atoms with Gasteiger partial charge in [0, 0.05) is 33.2 Å². The molecular weight excluding hydrogens is 564 g/mol. The van der Waals surface area contributed by atoms with Crippen LogP contribution < -0.4 is 0 Å². The van der Waals surface area contributed by atoms with Crippen LogP contribution in [0.15, 0.2) is 23.8 Å². The first-order valence-electron chi connectivity index (χ1n) is 16.9. The first-order chi connectivity index (χ1) is 21.2. The van der Waals surface area contributed by atoms with Crippen molar-refractivity contribution in [1.29, 1.82) is 0 Å². The molecule has 3 aliphatic carbocycles. The molecule has 0 aromatic rings. The summed E-state index contributed by atoms with van der Waals surface area (Å²) >= 11 is 0. The second kappa shape index (κ2) is 14.9. The third-order valence-corrected chi connectivity index (χ3v) is 11.1. The fourth-order valence-electron chi connectivity index (χ4n) is 8.66. The van der Waals surface area contributed by atoms with Crippen molar-refractivity contribution in [2.45, 2.75) is 128 Å². The molecule has 5 aliphatic rings. The summed E-state index contributed by atoms with van der Waals surface area (Å²) in [7, 11) is 4.94. The normalized spacial score (nSPS) is 44.6. The van der Waals surface area contributed by atoms with Gasteiger partial charge in [-0.25, -0.2) is 0 Å². The largest absolute Gasteiger partial charge is 0.462 e. The molecular formula is C35H54O9. The van der Waals surface area contributed by atoms with Crippen molar-refractivity contribution >= 4 is 11.8 Å². The number of ether oxygens (including phenoxy) is 6. The highest BCUT2D eigenvalue weighted by Crippen LogP contribution is 2.54. The van der Waals surface area contributed by atoms with Crippen molar-refractivity contribution in [1.82, 2.24) is 0 Å². The van der Waals surface area contributed by atoms with Crippen LogP contribution in [0.2, 0.25) is 0 Å². The van der Waals surface area contributed by atoms with E-state index in [-0.39, 0.29) is 72.4 Å². The molecule has 3 fully saturated rings. The number of rotatable bonds is 8. The number of allylic oxidation sites excluding steroid dienone is 4. The van der Waals surface area contributed by atoms with Gasteiger partial charge in [0.15, 0.2) is 12.1 Å². The summed E-state index contributed by atoms with van der Waals surface area (Å²) in [4.78, 5) is 27.2. The highest BCUT2D eigenvalue weighted by atomic mass is 16.7. The quantitative estimate of drug-likeness (QED) is 0.303. The molecule has 14 unspecified atom stereocenters. The van der Waals surface area contributed by atoms with Gasteiger partial charge in [-0.2, -0.15) is 0 Å². The van der Waals surface area contributed by atoms with Gasteiger partial charge < -0.3 is 33.5 Å². The molecule has 1 saturated carbocycles. The lowest BCUT2D eigenvalue weighted by Gasteiger charge is -2.44. The second-order valence-corrected chi connectivity index (χ2v) is 13.7. The third kappa shape index (κ3) is 6.88. The number of carbonyl (C=O) groups is 2. The molecule has 2 saturated heterocycles. The average Bonchev–Trinajstić information content (AvgIpc) is 3.58. The summed E-state index contributed by atoms with van der Waals surface area (Å²) < 4.78 is 36.1. The van der Waals surface area contributed by atoms with Crippen LogP contribution in [-0.2, 0) is 38.0 Å². The summed E-state index contributed by atoms with van der Waals surface area (Å²) in [5.74, 6) is -0.261. The van der Waals surface area contributed by atoms with Gasteiger partial charge >= 0.3 is 5.97 Å². The first kappa shape index (κ1) is 33.7. The van der Waals surface area contributed by atoms with Gasteiger partial charge in [-0.1, -0.05) is 44.9 Å². The molecule has 9 nitrogen and oxygen atoms in total. The summed E-state index contributed by atoms with van der Waals surface area (Å²) in [6.45, 7) is 5.93. The molecule has 14 atom stereocenters. The zero-order valence-corrected chi connectivity index (χ0v) is 27.4. The zero-order valence-electron chi connectivity index (χ0n) is 27.4. The molecule has 0 spiro atoms. The Labute approximate surface area is 263 Å². The molecule has 2 aliphatic heterocycles. The van der Waals surface area contributed by atoms with E-state index in [0.29, 0.717) is 17.9 Å². The van der Waals surface area contributed by atoms with E-state index >= 15 is 0 Å². The molecule has 2 heterocycles. The lowest BCUT2D eigenvalue weighted by Crippen LogP contribution is -2.59. The van der Waals surface area contributed by atoms with Crippen LogP contribution in [-0.4, -0.2) is 87.2 Å². The van der Waals surface area contributed by atoms with E-state index in [0.717, 1.165) is 44.9 Å². The lowest BCUT2D eigenvalue weighted by molar-refractivity contribution is -0.314. The number of ketones is 1. The Balaban J connectivity index is 1.33. The van der Waals surface area contributed by atoms with Gasteiger partial charge in [-0.05, 0) is 74.7 Å². The van der Waals surface area contributed by atoms with Gasteiger partial charge in [-0.3, -0.25) is 9.59 Å². The fourth-order valence-corrected chi connectivity index (χ4v) is 8.66. The Hall–Kier alpha value is -1.62. The van der Waals surface area contributed by atoms with E-state index in [1.807, 2.05) is 13.8 Å². The summed E-state index contributed by atoms with van der Waals surface area (Å²) in [6, 6.07) is 0. The van der Waals surface area contributed by atoms with Crippen molar-refractivity contribution < 1.29 is 43.1 Å². The van der Waals surface area contributed by atoms with Gasteiger partial charge in [0.25, 0.3) is 0 Å². The molecule has 0 amide bonds. The number of fused-ring (bicyclic) bond motifs is 5. The number of carbonyl (C=O) groups excluding carboxylic acids is 2. The second-order valence-electron chi connectivity index (χ2n) is 13.7. The van der Waals surface area contributed by atoms with Crippen LogP contribution in [0.4, 0.5) is 0 Å². The predicted octanol–water partition coefficient (Wildman–Crippen LogP) is 4.79. The Morgan fingerprint density at radius 3 is 2.41 bits per heavy atom. The maximum atomic E-state index is 13.9. The lowest BCUT2D eigenvalue weighted by atomic mass is 9.70.